The molecule has 7 nitrogen and oxygen atoms in total. The minimum Gasteiger partial charge on any atom is -0.344 e. The molecule has 1 aromatic heterocycles. The van der Waals surface area contributed by atoms with Crippen molar-refractivity contribution in [3.63, 3.8) is 0 Å². The number of nitrogens with one attached hydrogen (secondary N) is 3. The van der Waals surface area contributed by atoms with E-state index in [4.69, 9.17) is 23.2 Å². The molecule has 3 amide bonds. The van der Waals surface area contributed by atoms with Gasteiger partial charge in [-0.05, 0) is 24.6 Å². The maximum atomic E-state index is 12.1. The van der Waals surface area contributed by atoms with E-state index >= 15 is 0 Å². The van der Waals surface area contributed by atoms with Crippen molar-refractivity contribution < 1.29 is 14.4 Å². The van der Waals surface area contributed by atoms with Crippen molar-refractivity contribution in [1.82, 2.24) is 10.3 Å². The van der Waals surface area contributed by atoms with Gasteiger partial charge in [-0.2, -0.15) is 0 Å². The lowest BCUT2D eigenvalue weighted by Gasteiger charge is -2.08. The summed E-state index contributed by atoms with van der Waals surface area (Å²) in [5.74, 6) is -0.712. The number of anilines is 2. The van der Waals surface area contributed by atoms with E-state index in [0.29, 0.717) is 39.4 Å². The van der Waals surface area contributed by atoms with Gasteiger partial charge in [0, 0.05) is 17.5 Å². The van der Waals surface area contributed by atoms with Crippen LogP contribution in [0.3, 0.4) is 0 Å². The minimum atomic E-state index is -0.534. The molecule has 1 saturated heterocycles. The molecular formula is C16H14Cl2N4O3S. The van der Waals surface area contributed by atoms with E-state index in [0.717, 1.165) is 0 Å². The molecular weight excluding hydrogens is 399 g/mol. The van der Waals surface area contributed by atoms with Gasteiger partial charge in [0.25, 0.3) is 0 Å². The summed E-state index contributed by atoms with van der Waals surface area (Å²) >= 11 is 13.0. The first-order valence-electron chi connectivity index (χ1n) is 7.70. The summed E-state index contributed by atoms with van der Waals surface area (Å²) in [6, 6.07) is 4.27. The lowest BCUT2D eigenvalue weighted by atomic mass is 10.2. The molecule has 136 valence electrons. The fourth-order valence-corrected chi connectivity index (χ4v) is 3.40. The molecule has 3 N–H and O–H groups in total. The van der Waals surface area contributed by atoms with Gasteiger partial charge in [0.2, 0.25) is 17.7 Å². The van der Waals surface area contributed by atoms with Crippen LogP contribution in [0, 0.1) is 0 Å². The van der Waals surface area contributed by atoms with Crippen molar-refractivity contribution in [2.75, 3.05) is 10.6 Å². The van der Waals surface area contributed by atoms with Crippen LogP contribution >= 0.6 is 34.5 Å². The first kappa shape index (κ1) is 18.6. The molecule has 0 bridgehead atoms. The van der Waals surface area contributed by atoms with E-state index in [1.807, 2.05) is 0 Å². The number of halogens is 2. The van der Waals surface area contributed by atoms with Crippen molar-refractivity contribution in [2.24, 2.45) is 0 Å². The number of rotatable bonds is 5. The Morgan fingerprint density at radius 2 is 2.08 bits per heavy atom. The summed E-state index contributed by atoms with van der Waals surface area (Å²) in [6.45, 7) is 0. The van der Waals surface area contributed by atoms with Crippen LogP contribution in [0.25, 0.3) is 0 Å². The summed E-state index contributed by atoms with van der Waals surface area (Å²) in [6.07, 6.45) is 0.859. The predicted octanol–water partition coefficient (Wildman–Crippen LogP) is 2.85. The van der Waals surface area contributed by atoms with E-state index in [9.17, 15) is 14.4 Å². The van der Waals surface area contributed by atoms with Gasteiger partial charge < -0.3 is 16.0 Å². The molecule has 0 aliphatic carbocycles. The quantitative estimate of drug-likeness (QED) is 0.702. The van der Waals surface area contributed by atoms with Crippen LogP contribution in [0.2, 0.25) is 10.0 Å². The van der Waals surface area contributed by atoms with E-state index in [2.05, 4.69) is 20.9 Å². The number of benzene rings is 1. The van der Waals surface area contributed by atoms with E-state index in [-0.39, 0.29) is 24.1 Å². The Balaban J connectivity index is 1.54. The normalized spacial score (nSPS) is 16.2. The molecule has 0 radical (unpaired) electrons. The van der Waals surface area contributed by atoms with Crippen LogP contribution in [0.4, 0.5) is 10.8 Å². The van der Waals surface area contributed by atoms with E-state index in [1.54, 1.807) is 23.6 Å². The average Bonchev–Trinajstić information content (AvgIpc) is 3.20. The van der Waals surface area contributed by atoms with Crippen LogP contribution < -0.4 is 16.0 Å². The molecule has 10 heteroatoms. The number of amides is 3. The van der Waals surface area contributed by atoms with Crippen LogP contribution in [0.15, 0.2) is 23.6 Å². The maximum absolute atomic E-state index is 12.1. The Morgan fingerprint density at radius 3 is 2.77 bits per heavy atom. The molecule has 1 aliphatic rings. The largest absolute Gasteiger partial charge is 0.344 e. The van der Waals surface area contributed by atoms with Gasteiger partial charge in [-0.15, -0.1) is 11.3 Å². The van der Waals surface area contributed by atoms with Crippen LogP contribution in [0.1, 0.15) is 18.5 Å². The molecule has 2 aromatic rings. The zero-order valence-corrected chi connectivity index (χ0v) is 15.7. The van der Waals surface area contributed by atoms with Crippen LogP contribution in [-0.4, -0.2) is 28.7 Å². The fraction of sp³-hybridized carbons (Fsp3) is 0.250. The average molecular weight is 413 g/mol. The van der Waals surface area contributed by atoms with E-state index in [1.165, 1.54) is 11.3 Å². The van der Waals surface area contributed by atoms with Gasteiger partial charge in [-0.25, -0.2) is 4.98 Å². The topological polar surface area (TPSA) is 100 Å². The molecule has 3 rings (SSSR count). The summed E-state index contributed by atoms with van der Waals surface area (Å²) in [7, 11) is 0. The monoisotopic (exact) mass is 412 g/mol. The van der Waals surface area contributed by atoms with Crippen LogP contribution in [-0.2, 0) is 20.8 Å². The van der Waals surface area contributed by atoms with Gasteiger partial charge in [-0.1, -0.05) is 23.2 Å². The van der Waals surface area contributed by atoms with Crippen molar-refractivity contribution in [1.29, 1.82) is 0 Å². The Bertz CT molecular complexity index is 871. The van der Waals surface area contributed by atoms with Gasteiger partial charge in [0.1, 0.15) is 6.04 Å². The molecule has 1 aliphatic heterocycles. The highest BCUT2D eigenvalue weighted by Crippen LogP contribution is 2.25. The SMILES string of the molecule is O=C(Cc1csc(NC(=O)[C@@H]2CCC(=O)N2)n1)Nc1ccc(Cl)c(Cl)c1. The van der Waals surface area contributed by atoms with Gasteiger partial charge in [0.05, 0.1) is 22.2 Å². The first-order valence-corrected chi connectivity index (χ1v) is 9.34. The van der Waals surface area contributed by atoms with Crippen molar-refractivity contribution in [3.05, 3.63) is 39.3 Å². The molecule has 0 unspecified atom stereocenters. The second-order valence-electron chi connectivity index (χ2n) is 5.65. The van der Waals surface area contributed by atoms with E-state index < -0.39 is 6.04 Å². The number of nitrogens with zero attached hydrogens (tertiary/aromatic N) is 1. The van der Waals surface area contributed by atoms with Gasteiger partial charge >= 0.3 is 0 Å². The Kier molecular flexibility index (Phi) is 5.75. The second kappa shape index (κ2) is 8.03. The lowest BCUT2D eigenvalue weighted by Crippen LogP contribution is -2.37. The molecule has 26 heavy (non-hydrogen) atoms. The van der Waals surface area contributed by atoms with Gasteiger partial charge in [-0.3, -0.25) is 14.4 Å². The second-order valence-corrected chi connectivity index (χ2v) is 7.32. The van der Waals surface area contributed by atoms with Crippen molar-refractivity contribution >= 4 is 63.1 Å². The lowest BCUT2D eigenvalue weighted by molar-refractivity contribution is -0.122. The standard InChI is InChI=1S/C16H14Cl2N4O3S/c17-10-2-1-8(5-11(10)18)19-14(24)6-9-7-26-16(20-9)22-15(25)12-3-4-13(23)21-12/h1-2,5,7,12H,3-4,6H2,(H,19,24)(H,21,23)(H,20,22,25)/t12-/m0/s1. The molecule has 1 aromatic carbocycles. The highest BCUT2D eigenvalue weighted by Gasteiger charge is 2.27. The Labute approximate surface area is 163 Å². The highest BCUT2D eigenvalue weighted by atomic mass is 35.5. The number of carbonyl (C=O) groups is 3. The summed E-state index contributed by atoms with van der Waals surface area (Å²) < 4.78 is 0. The predicted molar refractivity (Wildman–Crippen MR) is 101 cm³/mol. The zero-order valence-electron chi connectivity index (χ0n) is 13.3. The third-order valence-electron chi connectivity index (χ3n) is 3.64. The molecule has 1 atom stereocenters. The Morgan fingerprint density at radius 1 is 1.27 bits per heavy atom. The number of carbonyl (C=O) groups excluding carboxylic acids is 3. The number of thiazole rings is 1. The third kappa shape index (κ3) is 4.72. The fourth-order valence-electron chi connectivity index (χ4n) is 2.39. The zero-order chi connectivity index (χ0) is 18.7. The molecule has 0 spiro atoms. The van der Waals surface area contributed by atoms with Crippen molar-refractivity contribution in [2.45, 2.75) is 25.3 Å². The highest BCUT2D eigenvalue weighted by molar-refractivity contribution is 7.13. The number of aromatic nitrogens is 1. The maximum Gasteiger partial charge on any atom is 0.248 e. The summed E-state index contributed by atoms with van der Waals surface area (Å²) in [5.41, 5.74) is 1.06. The third-order valence-corrected chi connectivity index (χ3v) is 5.18. The van der Waals surface area contributed by atoms with Crippen LogP contribution in [0.5, 0.6) is 0 Å². The molecule has 2 heterocycles. The summed E-state index contributed by atoms with van der Waals surface area (Å²) in [4.78, 5) is 39.5. The molecule has 0 saturated carbocycles. The molecule has 1 fully saturated rings. The summed E-state index contributed by atoms with van der Waals surface area (Å²) in [5, 5.41) is 10.8. The van der Waals surface area contributed by atoms with Crippen molar-refractivity contribution in [3.8, 4) is 0 Å². The minimum absolute atomic E-state index is 0.0484. The van der Waals surface area contributed by atoms with Gasteiger partial charge in [0.15, 0.2) is 5.13 Å². The number of hydrogen-bond acceptors (Lipinski definition) is 5. The Hall–Kier alpha value is -2.16. The smallest absolute Gasteiger partial charge is 0.248 e. The first-order chi connectivity index (χ1) is 12.4. The number of hydrogen-bond donors (Lipinski definition) is 3.